The first-order chi connectivity index (χ1) is 18.1. The second-order valence-corrected chi connectivity index (χ2v) is 8.74. The topological polar surface area (TPSA) is 114 Å². The van der Waals surface area contributed by atoms with Crippen molar-refractivity contribution < 1.29 is 18.3 Å². The van der Waals surface area contributed by atoms with Crippen LogP contribution in [0.5, 0.6) is 0 Å². The molecule has 1 aromatic carbocycles. The van der Waals surface area contributed by atoms with Crippen LogP contribution < -0.4 is 10.2 Å². The lowest BCUT2D eigenvalue weighted by molar-refractivity contribution is 0.0624. The number of aromatic nitrogens is 6. The van der Waals surface area contributed by atoms with Crippen LogP contribution in [0.15, 0.2) is 48.8 Å². The van der Waals surface area contributed by atoms with Crippen LogP contribution in [0.4, 0.5) is 20.7 Å². The molecule has 0 atom stereocenters. The molecular weight excluding hydrogens is 484 g/mol. The van der Waals surface area contributed by atoms with Crippen molar-refractivity contribution in [3.05, 3.63) is 60.2 Å². The molecule has 2 aliphatic rings. The number of benzene rings is 1. The lowest BCUT2D eigenvalue weighted by Gasteiger charge is -2.39. The van der Waals surface area contributed by atoms with E-state index >= 15 is 0 Å². The Balaban J connectivity index is 1.31. The van der Waals surface area contributed by atoms with Gasteiger partial charge in [-0.2, -0.15) is 15.0 Å². The summed E-state index contributed by atoms with van der Waals surface area (Å²) in [6.45, 7) is 3.04. The predicted molar refractivity (Wildman–Crippen MR) is 130 cm³/mol. The number of nitrogens with one attached hydrogen (secondary N) is 1. The highest BCUT2D eigenvalue weighted by Crippen LogP contribution is 2.28. The fourth-order valence-electron chi connectivity index (χ4n) is 4.42. The zero-order valence-electron chi connectivity index (χ0n) is 19.7. The van der Waals surface area contributed by atoms with Gasteiger partial charge >= 0.3 is 0 Å². The Morgan fingerprint density at radius 3 is 2.46 bits per heavy atom. The van der Waals surface area contributed by atoms with Gasteiger partial charge in [0.05, 0.1) is 30.3 Å². The Morgan fingerprint density at radius 2 is 1.70 bits per heavy atom. The van der Waals surface area contributed by atoms with E-state index in [1.54, 1.807) is 53.7 Å². The minimum absolute atomic E-state index is 0.0482. The molecule has 0 spiro atoms. The number of amides is 1. The molecule has 0 unspecified atom stereocenters. The molecule has 1 amide bonds. The number of anilines is 2. The van der Waals surface area contributed by atoms with Crippen LogP contribution in [0, 0.1) is 0 Å². The molecule has 2 fully saturated rings. The molecule has 5 heterocycles. The van der Waals surface area contributed by atoms with Crippen LogP contribution in [0.3, 0.4) is 0 Å². The van der Waals surface area contributed by atoms with Gasteiger partial charge in [0, 0.05) is 44.1 Å². The Hall–Kier alpha value is -4.26. The second kappa shape index (κ2) is 9.65. The van der Waals surface area contributed by atoms with Crippen molar-refractivity contribution in [3.8, 4) is 5.95 Å². The number of morpholine rings is 1. The maximum atomic E-state index is 14.0. The summed E-state index contributed by atoms with van der Waals surface area (Å²) < 4.78 is 34.7. The van der Waals surface area contributed by atoms with Crippen LogP contribution in [0.1, 0.15) is 22.6 Å². The van der Waals surface area contributed by atoms with Gasteiger partial charge in [-0.25, -0.2) is 13.8 Å². The monoisotopic (exact) mass is 507 g/mol. The summed E-state index contributed by atoms with van der Waals surface area (Å²) in [7, 11) is 0. The number of carbonyl (C=O) groups excluding carboxylic acids is 1. The number of hydrogen-bond acceptors (Lipinski definition) is 9. The van der Waals surface area contributed by atoms with E-state index in [1.807, 2.05) is 4.90 Å². The fourth-order valence-corrected chi connectivity index (χ4v) is 4.42. The highest BCUT2D eigenvalue weighted by Gasteiger charge is 2.32. The molecule has 190 valence electrons. The average molecular weight is 508 g/mol. The molecule has 11 nitrogen and oxygen atoms in total. The minimum Gasteiger partial charge on any atom is -0.378 e. The molecule has 6 rings (SSSR count). The number of imidazole rings is 1. The summed E-state index contributed by atoms with van der Waals surface area (Å²) in [4.78, 5) is 38.0. The lowest BCUT2D eigenvalue weighted by atomic mass is 10.1. The number of rotatable bonds is 6. The van der Waals surface area contributed by atoms with Crippen LogP contribution in [0.25, 0.3) is 17.0 Å². The molecule has 0 bridgehead atoms. The first-order valence-electron chi connectivity index (χ1n) is 11.9. The van der Waals surface area contributed by atoms with E-state index in [2.05, 4.69) is 30.2 Å². The summed E-state index contributed by atoms with van der Waals surface area (Å²) in [6, 6.07) is 10.1. The van der Waals surface area contributed by atoms with E-state index in [1.165, 1.54) is 4.57 Å². The van der Waals surface area contributed by atoms with E-state index in [4.69, 9.17) is 4.74 Å². The molecule has 37 heavy (non-hydrogen) atoms. The summed E-state index contributed by atoms with van der Waals surface area (Å²) in [6.07, 6.45) is 0.331. The summed E-state index contributed by atoms with van der Waals surface area (Å²) in [5.74, 6) is 0.122. The largest absolute Gasteiger partial charge is 0.378 e. The highest BCUT2D eigenvalue weighted by atomic mass is 19.3. The number of alkyl halides is 2. The SMILES string of the molecule is O=C(c1ccncc1)N1CC(Nc2nc(N3CCOCC3)nc(-n3c(C(F)F)nc4ccccc43)n2)C1. The number of likely N-dealkylation sites (tertiary alicyclic amines) is 1. The van der Waals surface area contributed by atoms with Gasteiger partial charge in [0.15, 0.2) is 5.82 Å². The molecule has 13 heteroatoms. The zero-order chi connectivity index (χ0) is 25.4. The van der Waals surface area contributed by atoms with Gasteiger partial charge in [-0.3, -0.25) is 14.3 Å². The minimum atomic E-state index is -2.83. The van der Waals surface area contributed by atoms with Gasteiger partial charge in [-0.15, -0.1) is 0 Å². The molecule has 2 aliphatic heterocycles. The third kappa shape index (κ3) is 4.53. The number of halogens is 2. The van der Waals surface area contributed by atoms with Crippen molar-refractivity contribution >= 4 is 28.8 Å². The van der Waals surface area contributed by atoms with E-state index in [-0.39, 0.29) is 23.8 Å². The number of ether oxygens (including phenoxy) is 1. The molecule has 2 saturated heterocycles. The highest BCUT2D eigenvalue weighted by molar-refractivity contribution is 5.94. The molecular formula is C24H23F2N9O2. The van der Waals surface area contributed by atoms with E-state index in [9.17, 15) is 13.6 Å². The number of hydrogen-bond donors (Lipinski definition) is 1. The number of nitrogens with zero attached hydrogens (tertiary/aromatic N) is 8. The standard InChI is InChI=1S/C24H23F2N9O2/c25-19(26)20-29-17-3-1-2-4-18(17)35(20)24-31-22(30-23(32-24)33-9-11-37-12-10-33)28-16-13-34(14-16)21(36)15-5-7-27-8-6-15/h1-8,16,19H,9-14H2,(H,28,30,31,32). The molecule has 0 radical (unpaired) electrons. The van der Waals surface area contributed by atoms with Crippen LogP contribution >= 0.6 is 0 Å². The van der Waals surface area contributed by atoms with E-state index < -0.39 is 12.2 Å². The van der Waals surface area contributed by atoms with E-state index in [0.717, 1.165) is 0 Å². The van der Waals surface area contributed by atoms with Gasteiger partial charge in [-0.05, 0) is 24.3 Å². The maximum absolute atomic E-state index is 14.0. The summed E-state index contributed by atoms with van der Waals surface area (Å²) >= 11 is 0. The number of carbonyl (C=O) groups is 1. The molecule has 3 aromatic heterocycles. The van der Waals surface area contributed by atoms with Gasteiger partial charge < -0.3 is 19.9 Å². The molecule has 1 N–H and O–H groups in total. The summed E-state index contributed by atoms with van der Waals surface area (Å²) in [5.41, 5.74) is 1.46. The van der Waals surface area contributed by atoms with Gasteiger partial charge in [0.2, 0.25) is 17.8 Å². The van der Waals surface area contributed by atoms with Gasteiger partial charge in [-0.1, -0.05) is 12.1 Å². The van der Waals surface area contributed by atoms with Crippen molar-refractivity contribution in [3.63, 3.8) is 0 Å². The quantitative estimate of drug-likeness (QED) is 0.420. The zero-order valence-corrected chi connectivity index (χ0v) is 19.7. The normalized spacial score (nSPS) is 16.3. The first-order valence-corrected chi connectivity index (χ1v) is 11.9. The maximum Gasteiger partial charge on any atom is 0.296 e. The van der Waals surface area contributed by atoms with E-state index in [0.29, 0.717) is 61.9 Å². The van der Waals surface area contributed by atoms with Crippen molar-refractivity contribution in [2.24, 2.45) is 0 Å². The average Bonchev–Trinajstić information content (AvgIpc) is 3.31. The Bertz CT molecular complexity index is 1420. The van der Waals surface area contributed by atoms with Crippen LogP contribution in [-0.2, 0) is 4.74 Å². The smallest absolute Gasteiger partial charge is 0.296 e. The van der Waals surface area contributed by atoms with Crippen LogP contribution in [-0.4, -0.2) is 85.7 Å². The third-order valence-electron chi connectivity index (χ3n) is 6.32. The van der Waals surface area contributed by atoms with Crippen molar-refractivity contribution in [2.75, 3.05) is 49.6 Å². The Morgan fingerprint density at radius 1 is 0.973 bits per heavy atom. The lowest BCUT2D eigenvalue weighted by Crippen LogP contribution is -2.57. The Kier molecular flexibility index (Phi) is 6.04. The predicted octanol–water partition coefficient (Wildman–Crippen LogP) is 2.32. The van der Waals surface area contributed by atoms with Crippen molar-refractivity contribution in [1.82, 2.24) is 34.4 Å². The van der Waals surface area contributed by atoms with Crippen molar-refractivity contribution in [2.45, 2.75) is 12.5 Å². The second-order valence-electron chi connectivity index (χ2n) is 8.74. The molecule has 4 aromatic rings. The molecule has 0 saturated carbocycles. The molecule has 0 aliphatic carbocycles. The van der Waals surface area contributed by atoms with Crippen molar-refractivity contribution in [1.29, 1.82) is 0 Å². The number of para-hydroxylation sites is 2. The Labute approximate surface area is 210 Å². The van der Waals surface area contributed by atoms with Gasteiger partial charge in [0.25, 0.3) is 12.3 Å². The first kappa shape index (κ1) is 23.2. The number of pyridine rings is 1. The number of fused-ring (bicyclic) bond motifs is 1. The van der Waals surface area contributed by atoms with Crippen LogP contribution in [0.2, 0.25) is 0 Å². The van der Waals surface area contributed by atoms with Gasteiger partial charge in [0.1, 0.15) is 0 Å². The fraction of sp³-hybridized carbons (Fsp3) is 0.333. The third-order valence-corrected chi connectivity index (χ3v) is 6.32. The summed E-state index contributed by atoms with van der Waals surface area (Å²) in [5, 5.41) is 3.25.